The molecule has 1 aromatic rings. The maximum atomic E-state index is 10.6. The number of phenols is 1. The summed E-state index contributed by atoms with van der Waals surface area (Å²) in [4.78, 5) is 10.6. The van der Waals surface area contributed by atoms with Gasteiger partial charge in [-0.1, -0.05) is 6.07 Å². The Morgan fingerprint density at radius 2 is 1.83 bits per heavy atom. The lowest BCUT2D eigenvalue weighted by atomic mass is 10.00. The van der Waals surface area contributed by atoms with Gasteiger partial charge in [0.1, 0.15) is 5.75 Å². The van der Waals surface area contributed by atoms with E-state index in [1.54, 1.807) is 6.92 Å². The number of hydrogen-bond acceptors (Lipinski definition) is 2. The van der Waals surface area contributed by atoms with Crippen molar-refractivity contribution < 1.29 is 9.90 Å². The summed E-state index contributed by atoms with van der Waals surface area (Å²) in [5.41, 5.74) is 2.99. The number of phenolic OH excluding ortho intramolecular Hbond substituents is 1. The van der Waals surface area contributed by atoms with Crippen LogP contribution in [0.15, 0.2) is 6.07 Å². The van der Waals surface area contributed by atoms with E-state index >= 15 is 0 Å². The number of benzene rings is 1. The SMILES string of the molecule is Cc1cc(C)c(C=O)c(C)c1O. The molecule has 0 saturated carbocycles. The number of carbonyl (C=O) groups is 1. The fourth-order valence-electron chi connectivity index (χ4n) is 1.37. The third-order valence-electron chi connectivity index (χ3n) is 2.11. The molecule has 0 aromatic heterocycles. The van der Waals surface area contributed by atoms with Crippen LogP contribution in [0.1, 0.15) is 27.0 Å². The van der Waals surface area contributed by atoms with E-state index in [2.05, 4.69) is 0 Å². The van der Waals surface area contributed by atoms with Crippen LogP contribution in [0.4, 0.5) is 0 Å². The quantitative estimate of drug-likeness (QED) is 0.645. The summed E-state index contributed by atoms with van der Waals surface area (Å²) in [7, 11) is 0. The van der Waals surface area contributed by atoms with Gasteiger partial charge in [0.15, 0.2) is 6.29 Å². The van der Waals surface area contributed by atoms with Gasteiger partial charge in [-0.3, -0.25) is 4.79 Å². The zero-order valence-electron chi connectivity index (χ0n) is 7.51. The third kappa shape index (κ3) is 1.20. The topological polar surface area (TPSA) is 37.3 Å². The van der Waals surface area contributed by atoms with E-state index in [0.29, 0.717) is 11.1 Å². The van der Waals surface area contributed by atoms with Crippen LogP contribution < -0.4 is 0 Å². The zero-order chi connectivity index (χ0) is 9.30. The largest absolute Gasteiger partial charge is 0.507 e. The number of carbonyl (C=O) groups excluding carboxylic acids is 1. The second kappa shape index (κ2) is 2.97. The molecular weight excluding hydrogens is 152 g/mol. The van der Waals surface area contributed by atoms with Gasteiger partial charge in [-0.2, -0.15) is 0 Å². The van der Waals surface area contributed by atoms with Crippen LogP contribution in [0, 0.1) is 20.8 Å². The van der Waals surface area contributed by atoms with Crippen molar-refractivity contribution in [3.05, 3.63) is 28.3 Å². The molecule has 0 saturated heterocycles. The van der Waals surface area contributed by atoms with Crippen molar-refractivity contribution in [2.24, 2.45) is 0 Å². The van der Waals surface area contributed by atoms with E-state index < -0.39 is 0 Å². The monoisotopic (exact) mass is 164 g/mol. The molecule has 0 heterocycles. The Balaban J connectivity index is 3.51. The van der Waals surface area contributed by atoms with Crippen molar-refractivity contribution in [2.45, 2.75) is 20.8 Å². The number of hydrogen-bond donors (Lipinski definition) is 1. The molecule has 0 aliphatic carbocycles. The molecule has 0 fully saturated rings. The highest BCUT2D eigenvalue weighted by Gasteiger charge is 2.08. The van der Waals surface area contributed by atoms with Crippen LogP contribution in [0.2, 0.25) is 0 Å². The Labute approximate surface area is 71.8 Å². The van der Waals surface area contributed by atoms with Gasteiger partial charge in [-0.05, 0) is 31.9 Å². The minimum absolute atomic E-state index is 0.225. The maximum absolute atomic E-state index is 10.6. The molecule has 0 atom stereocenters. The molecule has 2 heteroatoms. The smallest absolute Gasteiger partial charge is 0.150 e. The van der Waals surface area contributed by atoms with Gasteiger partial charge >= 0.3 is 0 Å². The van der Waals surface area contributed by atoms with E-state index in [1.807, 2.05) is 19.9 Å². The van der Waals surface area contributed by atoms with E-state index in [0.717, 1.165) is 17.4 Å². The van der Waals surface area contributed by atoms with Crippen LogP contribution in [-0.2, 0) is 0 Å². The average Bonchev–Trinajstić information content (AvgIpc) is 2.01. The molecule has 1 N–H and O–H groups in total. The molecule has 1 aromatic carbocycles. The Kier molecular flexibility index (Phi) is 2.18. The van der Waals surface area contributed by atoms with Gasteiger partial charge in [0, 0.05) is 11.1 Å². The van der Waals surface area contributed by atoms with E-state index in [4.69, 9.17) is 0 Å². The fourth-order valence-corrected chi connectivity index (χ4v) is 1.37. The third-order valence-corrected chi connectivity index (χ3v) is 2.11. The van der Waals surface area contributed by atoms with Crippen molar-refractivity contribution in [2.75, 3.05) is 0 Å². The molecule has 12 heavy (non-hydrogen) atoms. The Morgan fingerprint density at radius 3 is 2.33 bits per heavy atom. The minimum atomic E-state index is 0.225. The standard InChI is InChI=1S/C10H12O2/c1-6-4-7(2)10(12)8(3)9(6)5-11/h4-5,12H,1-3H3. The van der Waals surface area contributed by atoms with Crippen LogP contribution in [-0.4, -0.2) is 11.4 Å². The predicted octanol–water partition coefficient (Wildman–Crippen LogP) is 2.13. The van der Waals surface area contributed by atoms with Crippen LogP contribution in [0.3, 0.4) is 0 Å². The summed E-state index contributed by atoms with van der Waals surface area (Å²) in [6.07, 6.45) is 0.782. The summed E-state index contributed by atoms with van der Waals surface area (Å²) in [5, 5.41) is 9.48. The summed E-state index contributed by atoms with van der Waals surface area (Å²) in [6, 6.07) is 1.81. The van der Waals surface area contributed by atoms with Gasteiger partial charge in [0.25, 0.3) is 0 Å². The molecule has 1 rings (SSSR count). The lowest BCUT2D eigenvalue weighted by Crippen LogP contribution is -1.93. The molecule has 0 aliphatic rings. The van der Waals surface area contributed by atoms with Crippen molar-refractivity contribution in [1.82, 2.24) is 0 Å². The summed E-state index contributed by atoms with van der Waals surface area (Å²) < 4.78 is 0. The molecule has 0 bridgehead atoms. The molecule has 0 unspecified atom stereocenters. The Bertz CT molecular complexity index is 327. The van der Waals surface area contributed by atoms with Crippen molar-refractivity contribution in [3.63, 3.8) is 0 Å². The predicted molar refractivity (Wildman–Crippen MR) is 47.7 cm³/mol. The lowest BCUT2D eigenvalue weighted by molar-refractivity contribution is 0.112. The molecule has 64 valence electrons. The highest BCUT2D eigenvalue weighted by atomic mass is 16.3. The van der Waals surface area contributed by atoms with E-state index in [-0.39, 0.29) is 5.75 Å². The normalized spacial score (nSPS) is 9.92. The molecule has 0 amide bonds. The fraction of sp³-hybridized carbons (Fsp3) is 0.300. The first-order valence-corrected chi connectivity index (χ1v) is 3.83. The molecule has 2 nitrogen and oxygen atoms in total. The lowest BCUT2D eigenvalue weighted by Gasteiger charge is -2.08. The zero-order valence-corrected chi connectivity index (χ0v) is 7.51. The van der Waals surface area contributed by atoms with Gasteiger partial charge in [0.2, 0.25) is 0 Å². The van der Waals surface area contributed by atoms with Gasteiger partial charge in [-0.15, -0.1) is 0 Å². The molecular formula is C10H12O2. The molecule has 0 aliphatic heterocycles. The molecule has 0 spiro atoms. The summed E-state index contributed by atoms with van der Waals surface area (Å²) in [5.74, 6) is 0.225. The first kappa shape index (κ1) is 8.78. The Morgan fingerprint density at radius 1 is 1.25 bits per heavy atom. The highest BCUT2D eigenvalue weighted by Crippen LogP contribution is 2.26. The first-order valence-electron chi connectivity index (χ1n) is 3.83. The Hall–Kier alpha value is -1.31. The highest BCUT2D eigenvalue weighted by molar-refractivity contribution is 5.81. The van der Waals surface area contributed by atoms with E-state index in [1.165, 1.54) is 0 Å². The maximum Gasteiger partial charge on any atom is 0.150 e. The first-order chi connectivity index (χ1) is 5.57. The van der Waals surface area contributed by atoms with Crippen LogP contribution in [0.5, 0.6) is 5.75 Å². The second-order valence-electron chi connectivity index (χ2n) is 3.02. The average molecular weight is 164 g/mol. The summed E-state index contributed by atoms with van der Waals surface area (Å²) >= 11 is 0. The van der Waals surface area contributed by atoms with E-state index in [9.17, 15) is 9.90 Å². The van der Waals surface area contributed by atoms with Gasteiger partial charge < -0.3 is 5.11 Å². The minimum Gasteiger partial charge on any atom is -0.507 e. The van der Waals surface area contributed by atoms with Crippen LogP contribution in [0.25, 0.3) is 0 Å². The van der Waals surface area contributed by atoms with Crippen molar-refractivity contribution >= 4 is 6.29 Å². The number of aldehydes is 1. The van der Waals surface area contributed by atoms with Crippen molar-refractivity contribution in [1.29, 1.82) is 0 Å². The van der Waals surface area contributed by atoms with Crippen molar-refractivity contribution in [3.8, 4) is 5.75 Å². The van der Waals surface area contributed by atoms with Gasteiger partial charge in [0.05, 0.1) is 0 Å². The molecule has 0 radical (unpaired) electrons. The van der Waals surface area contributed by atoms with Crippen LogP contribution >= 0.6 is 0 Å². The number of aryl methyl sites for hydroxylation is 2. The number of aromatic hydroxyl groups is 1. The second-order valence-corrected chi connectivity index (χ2v) is 3.02. The van der Waals surface area contributed by atoms with Gasteiger partial charge in [-0.25, -0.2) is 0 Å². The number of rotatable bonds is 1. The summed E-state index contributed by atoms with van der Waals surface area (Å²) in [6.45, 7) is 5.44.